The van der Waals surface area contributed by atoms with Gasteiger partial charge >= 0.3 is 5.97 Å². The van der Waals surface area contributed by atoms with Crippen molar-refractivity contribution in [3.8, 4) is 0 Å². The summed E-state index contributed by atoms with van der Waals surface area (Å²) in [6.07, 6.45) is 0. The van der Waals surface area contributed by atoms with E-state index in [1.54, 1.807) is 0 Å². The molecule has 0 unspecified atom stereocenters. The molecule has 0 spiro atoms. The van der Waals surface area contributed by atoms with Crippen LogP contribution in [0, 0.1) is 0 Å². The molecule has 16 heavy (non-hydrogen) atoms. The lowest BCUT2D eigenvalue weighted by atomic mass is 10.4. The van der Waals surface area contributed by atoms with E-state index >= 15 is 0 Å². The van der Waals surface area contributed by atoms with E-state index in [1.807, 2.05) is 26.0 Å². The van der Waals surface area contributed by atoms with Crippen LogP contribution >= 0.6 is 12.4 Å². The molecule has 3 nitrogen and oxygen atoms in total. The molecule has 0 saturated carbocycles. The molecule has 0 aliphatic carbocycles. The second kappa shape index (κ2) is 20.4. The van der Waals surface area contributed by atoms with Gasteiger partial charge in [0.25, 0.3) is 0 Å². The van der Waals surface area contributed by atoms with Crippen molar-refractivity contribution in [3.05, 3.63) is 12.2 Å². The van der Waals surface area contributed by atoms with Gasteiger partial charge in [-0.05, 0) is 28.1 Å². The third-order valence-corrected chi connectivity index (χ3v) is 2.10. The summed E-state index contributed by atoms with van der Waals surface area (Å²) in [7, 11) is 6.00. The number of rotatable bonds is 3. The number of carbonyl (C=O) groups is 1. The Morgan fingerprint density at radius 2 is 1.44 bits per heavy atom. The van der Waals surface area contributed by atoms with Gasteiger partial charge in [-0.2, -0.15) is 0 Å². The molecule has 0 amide bonds. The summed E-state index contributed by atoms with van der Waals surface area (Å²) in [5, 5.41) is 10.7. The van der Waals surface area contributed by atoms with Crippen molar-refractivity contribution in [2.75, 3.05) is 21.1 Å². The summed E-state index contributed by atoms with van der Waals surface area (Å²) in [6.45, 7) is 9.10. The van der Waals surface area contributed by atoms with Crippen LogP contribution in [0.5, 0.6) is 0 Å². The third-order valence-electron chi connectivity index (χ3n) is 0.942. The Hall–Kier alpha value is -0.00753. The minimum Gasteiger partial charge on any atom is -0.478 e. The summed E-state index contributed by atoms with van der Waals surface area (Å²) >= 11 is 0.815. The highest BCUT2D eigenvalue weighted by molar-refractivity contribution is 6.34. The van der Waals surface area contributed by atoms with Crippen molar-refractivity contribution in [1.82, 2.24) is 4.90 Å². The Labute approximate surface area is 113 Å². The molecule has 0 bridgehead atoms. The van der Waals surface area contributed by atoms with E-state index in [1.165, 1.54) is 17.5 Å². The van der Waals surface area contributed by atoms with Gasteiger partial charge in [-0.15, -0.1) is 23.0 Å². The number of hydrogen-bond donors (Lipinski definition) is 1. The highest BCUT2D eigenvalue weighted by atomic mass is 35.5. The predicted molar refractivity (Wildman–Crippen MR) is 76.0 cm³/mol. The molecule has 1 N–H and O–H groups in total. The van der Waals surface area contributed by atoms with Gasteiger partial charge in [-0.1, -0.05) is 20.4 Å². The average Bonchev–Trinajstić information content (AvgIpc) is 2.05. The first-order valence-electron chi connectivity index (χ1n) is 5.10. The summed E-state index contributed by atoms with van der Waals surface area (Å²) < 4.78 is 0. The molecule has 0 aromatic carbocycles. The number of halogens is 1. The minimum atomic E-state index is -0.935. The largest absolute Gasteiger partial charge is 0.478 e. The first kappa shape index (κ1) is 25.0. The second-order valence-corrected chi connectivity index (χ2v) is 5.74. The molecule has 0 rings (SSSR count). The summed E-state index contributed by atoms with van der Waals surface area (Å²) in [5.74, 6) is -0.935. The smallest absolute Gasteiger partial charge is 0.330 e. The van der Waals surface area contributed by atoms with Crippen LogP contribution < -0.4 is 0 Å². The Bertz CT molecular complexity index is 147. The minimum absolute atomic E-state index is 0. The van der Waals surface area contributed by atoms with Crippen LogP contribution in [-0.2, 0) is 4.79 Å². The van der Waals surface area contributed by atoms with Crippen molar-refractivity contribution < 1.29 is 9.90 Å². The van der Waals surface area contributed by atoms with E-state index in [4.69, 9.17) is 5.11 Å². The van der Waals surface area contributed by atoms with Gasteiger partial charge in [-0.25, -0.2) is 4.79 Å². The van der Waals surface area contributed by atoms with Gasteiger partial charge in [0.15, 0.2) is 15.2 Å². The fraction of sp³-hybridized carbons (Fsp3) is 0.727. The van der Waals surface area contributed by atoms with Crippen LogP contribution in [0.25, 0.3) is 0 Å². The fourth-order valence-corrected chi connectivity index (χ4v) is 0.866. The number of hydrogen-bond acceptors (Lipinski definition) is 2. The van der Waals surface area contributed by atoms with Crippen molar-refractivity contribution in [3.63, 3.8) is 0 Å². The standard InChI is InChI=1S/C4H6O2.C3H9N.2C2H5.Al.ClH/c1-3(2)4(5)6;1-4(2)3;2*1-2;;/h1H2,2H3,(H,5,6);1-3H3;2*1H2,2H3;;1H. The normalized spacial score (nSPS) is 7.44. The van der Waals surface area contributed by atoms with Crippen LogP contribution in [0.15, 0.2) is 12.2 Å². The predicted octanol–water partition coefficient (Wildman–Crippen LogP) is 2.81. The van der Waals surface area contributed by atoms with E-state index in [-0.39, 0.29) is 18.0 Å². The van der Waals surface area contributed by atoms with Crippen LogP contribution in [-0.4, -0.2) is 52.3 Å². The van der Waals surface area contributed by atoms with E-state index in [0.29, 0.717) is 0 Å². The maximum absolute atomic E-state index is 9.60. The van der Waals surface area contributed by atoms with Gasteiger partial charge in [0, 0.05) is 5.57 Å². The van der Waals surface area contributed by atoms with Crippen LogP contribution in [0.4, 0.5) is 0 Å². The van der Waals surface area contributed by atoms with Crippen LogP contribution in [0.1, 0.15) is 20.8 Å². The van der Waals surface area contributed by atoms with Crippen molar-refractivity contribution >= 4 is 33.6 Å². The number of carboxylic acids is 1. The van der Waals surface area contributed by atoms with E-state index in [9.17, 15) is 4.79 Å². The summed E-state index contributed by atoms with van der Waals surface area (Å²) in [6, 6.07) is 0. The lowest BCUT2D eigenvalue weighted by molar-refractivity contribution is -0.132. The number of carboxylic acid groups (broad SMARTS) is 1. The number of aliphatic carboxylic acids is 1. The maximum Gasteiger partial charge on any atom is 0.330 e. The van der Waals surface area contributed by atoms with Gasteiger partial charge in [0.05, 0.1) is 0 Å². The Morgan fingerprint density at radius 1 is 1.25 bits per heavy atom. The van der Waals surface area contributed by atoms with Gasteiger partial charge in [0.1, 0.15) is 0 Å². The summed E-state index contributed by atoms with van der Waals surface area (Å²) in [5.41, 5.74) is 0.176. The molecule has 1 radical (unpaired) electrons. The zero-order valence-electron chi connectivity index (χ0n) is 11.4. The quantitative estimate of drug-likeness (QED) is 0.631. The zero-order valence-corrected chi connectivity index (χ0v) is 13.4. The topological polar surface area (TPSA) is 40.5 Å². The molecule has 0 aliphatic heterocycles. The first-order valence-corrected chi connectivity index (χ1v) is 6.74. The van der Waals surface area contributed by atoms with Gasteiger partial charge < -0.3 is 10.0 Å². The molecule has 0 fully saturated rings. The van der Waals surface area contributed by atoms with Crippen molar-refractivity contribution in [2.45, 2.75) is 31.3 Å². The Morgan fingerprint density at radius 3 is 1.44 bits per heavy atom. The van der Waals surface area contributed by atoms with Crippen LogP contribution in [0.3, 0.4) is 0 Å². The van der Waals surface area contributed by atoms with Crippen LogP contribution in [0.2, 0.25) is 10.6 Å². The average molecular weight is 267 g/mol. The Balaban J connectivity index is -0.0000000668. The highest BCUT2D eigenvalue weighted by Crippen LogP contribution is 1.81. The molecular weight excluding hydrogens is 241 g/mol. The molecule has 0 aromatic rings. The maximum atomic E-state index is 9.60. The van der Waals surface area contributed by atoms with Gasteiger partial charge in [0.2, 0.25) is 0 Å². The Kier molecular flexibility index (Phi) is 31.9. The van der Waals surface area contributed by atoms with E-state index < -0.39 is 5.97 Å². The molecule has 0 atom stereocenters. The molecule has 0 aliphatic rings. The van der Waals surface area contributed by atoms with Crippen molar-refractivity contribution in [2.24, 2.45) is 0 Å². The van der Waals surface area contributed by atoms with Gasteiger partial charge in [-0.3, -0.25) is 0 Å². The fourth-order valence-electron chi connectivity index (χ4n) is 0.289. The molecule has 0 saturated heterocycles. The molecular formula is C11H26AlClNO2. The van der Waals surface area contributed by atoms with Crippen molar-refractivity contribution in [1.29, 1.82) is 0 Å². The third kappa shape index (κ3) is 65.8. The number of nitrogens with zero attached hydrogens (tertiary/aromatic N) is 1. The molecule has 5 heteroatoms. The van der Waals surface area contributed by atoms with E-state index in [0.717, 1.165) is 15.2 Å². The molecule has 0 aromatic heterocycles. The van der Waals surface area contributed by atoms with E-state index in [2.05, 4.69) is 20.4 Å². The summed E-state index contributed by atoms with van der Waals surface area (Å²) in [4.78, 5) is 11.6. The first-order chi connectivity index (χ1) is 6.79. The lowest BCUT2D eigenvalue weighted by Gasteiger charge is -1.90. The highest BCUT2D eigenvalue weighted by Gasteiger charge is 1.90. The second-order valence-electron chi connectivity index (χ2n) is 3.53. The zero-order chi connectivity index (χ0) is 12.9. The lowest BCUT2D eigenvalue weighted by Crippen LogP contribution is -1.99. The molecule has 0 heterocycles. The monoisotopic (exact) mass is 266 g/mol. The SMILES string of the molecule is C=C(C)C(=O)O.CN(C)C.C[CH2][Al][CH2]C.Cl. The molecule has 97 valence electrons.